The van der Waals surface area contributed by atoms with E-state index in [0.717, 1.165) is 6.42 Å². The molecule has 0 amide bonds. The molecule has 2 N–H and O–H groups in total. The molecule has 84 valence electrons. The molecule has 0 aliphatic carbocycles. The van der Waals surface area contributed by atoms with Crippen LogP contribution in [0.4, 0.5) is 0 Å². The van der Waals surface area contributed by atoms with Crippen LogP contribution in [0.5, 0.6) is 0 Å². The van der Waals surface area contributed by atoms with Crippen molar-refractivity contribution < 1.29 is 19.4 Å². The maximum atomic E-state index is 10.9. The number of aliphatic carboxylic acids is 1. The third-order valence-corrected chi connectivity index (χ3v) is 1.95. The summed E-state index contributed by atoms with van der Waals surface area (Å²) in [5.41, 5.74) is -1.01. The quantitative estimate of drug-likeness (QED) is 0.550. The molecule has 0 rings (SSSR count). The molecule has 1 unspecified atom stereocenters. The Labute approximate surface area is 84.4 Å². The highest BCUT2D eigenvalue weighted by molar-refractivity contribution is 5.78. The highest BCUT2D eigenvalue weighted by Crippen LogP contribution is 2.04. The van der Waals surface area contributed by atoms with E-state index in [-0.39, 0.29) is 6.61 Å². The number of hydrogen-bond acceptors (Lipinski definition) is 4. The first-order valence-electron chi connectivity index (χ1n) is 4.53. The lowest BCUT2D eigenvalue weighted by Gasteiger charge is -2.25. The number of methoxy groups -OCH3 is 2. The second kappa shape index (κ2) is 6.75. The molecule has 0 saturated heterocycles. The van der Waals surface area contributed by atoms with Crippen molar-refractivity contribution in [2.75, 3.05) is 34.0 Å². The molecule has 0 aliphatic heterocycles. The minimum absolute atomic E-state index is 0.148. The fourth-order valence-corrected chi connectivity index (χ4v) is 1.06. The molecule has 0 aromatic rings. The van der Waals surface area contributed by atoms with Crippen LogP contribution in [0.25, 0.3) is 0 Å². The molecule has 5 nitrogen and oxygen atoms in total. The Morgan fingerprint density at radius 3 is 2.50 bits per heavy atom. The summed E-state index contributed by atoms with van der Waals surface area (Å²) in [5.74, 6) is -0.906. The summed E-state index contributed by atoms with van der Waals surface area (Å²) in [6.45, 7) is 2.97. The maximum Gasteiger partial charge on any atom is 0.326 e. The molecular weight excluding hydrogens is 186 g/mol. The van der Waals surface area contributed by atoms with Gasteiger partial charge >= 0.3 is 5.97 Å². The summed E-state index contributed by atoms with van der Waals surface area (Å²) in [7, 11) is 3.10. The van der Waals surface area contributed by atoms with Crippen LogP contribution in [0, 0.1) is 0 Å². The van der Waals surface area contributed by atoms with Crippen LogP contribution in [0.15, 0.2) is 0 Å². The van der Waals surface area contributed by atoms with Gasteiger partial charge in [-0.2, -0.15) is 0 Å². The molecule has 0 spiro atoms. The second-order valence-electron chi connectivity index (χ2n) is 3.34. The highest BCUT2D eigenvalue weighted by Gasteiger charge is 2.32. The predicted octanol–water partition coefficient (Wildman–Crippen LogP) is 0.102. The third-order valence-electron chi connectivity index (χ3n) is 1.95. The molecular formula is C9H19NO4. The van der Waals surface area contributed by atoms with Crippen molar-refractivity contribution in [1.82, 2.24) is 5.32 Å². The predicted molar refractivity (Wildman–Crippen MR) is 52.4 cm³/mol. The summed E-state index contributed by atoms with van der Waals surface area (Å²) in [6, 6.07) is 0. The normalized spacial score (nSPS) is 15.1. The van der Waals surface area contributed by atoms with Crippen LogP contribution in [-0.4, -0.2) is 50.6 Å². The second-order valence-corrected chi connectivity index (χ2v) is 3.34. The minimum atomic E-state index is -1.01. The lowest BCUT2D eigenvalue weighted by atomic mass is 10.0. The molecule has 0 saturated carbocycles. The Kier molecular flexibility index (Phi) is 6.44. The number of hydrogen-bond donors (Lipinski definition) is 2. The molecule has 5 heteroatoms. The fraction of sp³-hybridized carbons (Fsp3) is 0.889. The summed E-state index contributed by atoms with van der Waals surface area (Å²) in [5, 5.41) is 11.9. The van der Waals surface area contributed by atoms with Crippen LogP contribution in [0.3, 0.4) is 0 Å². The number of nitrogens with one attached hydrogen (secondary N) is 1. The molecule has 0 aromatic carbocycles. The van der Waals surface area contributed by atoms with Crippen molar-refractivity contribution in [3.63, 3.8) is 0 Å². The topological polar surface area (TPSA) is 67.8 Å². The Morgan fingerprint density at radius 1 is 1.43 bits per heavy atom. The SMILES string of the molecule is COCCCNC(C)(COC)C(=O)O. The smallest absolute Gasteiger partial charge is 0.326 e. The van der Waals surface area contributed by atoms with Crippen molar-refractivity contribution in [1.29, 1.82) is 0 Å². The zero-order valence-electron chi connectivity index (χ0n) is 9.00. The Hall–Kier alpha value is -0.650. The molecule has 0 heterocycles. The van der Waals surface area contributed by atoms with E-state index in [1.807, 2.05) is 0 Å². The molecule has 0 aliphatic rings. The van der Waals surface area contributed by atoms with E-state index in [2.05, 4.69) is 5.32 Å². The molecule has 0 aromatic heterocycles. The van der Waals surface area contributed by atoms with E-state index in [4.69, 9.17) is 14.6 Å². The standard InChI is InChI=1S/C9H19NO4/c1-9(7-14-3,8(11)12)10-5-4-6-13-2/h10H,4-7H2,1-3H3,(H,11,12). The van der Waals surface area contributed by atoms with Gasteiger partial charge in [0, 0.05) is 20.8 Å². The van der Waals surface area contributed by atoms with E-state index in [0.29, 0.717) is 13.2 Å². The van der Waals surface area contributed by atoms with Gasteiger partial charge in [-0.1, -0.05) is 0 Å². The van der Waals surface area contributed by atoms with E-state index < -0.39 is 11.5 Å². The van der Waals surface area contributed by atoms with Crippen LogP contribution in [0.1, 0.15) is 13.3 Å². The molecule has 14 heavy (non-hydrogen) atoms. The summed E-state index contributed by atoms with van der Waals surface area (Å²) < 4.78 is 9.71. The number of rotatable bonds is 8. The summed E-state index contributed by atoms with van der Waals surface area (Å²) in [4.78, 5) is 10.9. The highest BCUT2D eigenvalue weighted by atomic mass is 16.5. The summed E-state index contributed by atoms with van der Waals surface area (Å²) >= 11 is 0. The molecule has 0 radical (unpaired) electrons. The van der Waals surface area contributed by atoms with Gasteiger partial charge in [-0.15, -0.1) is 0 Å². The van der Waals surface area contributed by atoms with Gasteiger partial charge in [-0.3, -0.25) is 4.79 Å². The number of ether oxygens (including phenoxy) is 2. The number of carboxylic acids is 1. The van der Waals surface area contributed by atoms with Crippen molar-refractivity contribution >= 4 is 5.97 Å². The van der Waals surface area contributed by atoms with Gasteiger partial charge in [-0.25, -0.2) is 0 Å². The molecule has 0 fully saturated rings. The van der Waals surface area contributed by atoms with Crippen LogP contribution < -0.4 is 5.32 Å². The van der Waals surface area contributed by atoms with Gasteiger partial charge in [0.05, 0.1) is 6.61 Å². The molecule has 0 bridgehead atoms. The van der Waals surface area contributed by atoms with Crippen LogP contribution in [-0.2, 0) is 14.3 Å². The van der Waals surface area contributed by atoms with Gasteiger partial charge in [0.15, 0.2) is 0 Å². The first-order valence-corrected chi connectivity index (χ1v) is 4.53. The first-order chi connectivity index (χ1) is 6.56. The van der Waals surface area contributed by atoms with E-state index in [1.165, 1.54) is 7.11 Å². The van der Waals surface area contributed by atoms with Gasteiger partial charge in [-0.05, 0) is 19.9 Å². The average Bonchev–Trinajstić information content (AvgIpc) is 2.13. The zero-order chi connectivity index (χ0) is 11.0. The van der Waals surface area contributed by atoms with Crippen molar-refractivity contribution in [3.05, 3.63) is 0 Å². The summed E-state index contributed by atoms with van der Waals surface area (Å²) in [6.07, 6.45) is 0.781. The fourth-order valence-electron chi connectivity index (χ4n) is 1.06. The van der Waals surface area contributed by atoms with Gasteiger partial charge in [0.1, 0.15) is 5.54 Å². The maximum absolute atomic E-state index is 10.9. The number of carbonyl (C=O) groups is 1. The van der Waals surface area contributed by atoms with Crippen molar-refractivity contribution in [2.24, 2.45) is 0 Å². The Bertz CT molecular complexity index is 174. The van der Waals surface area contributed by atoms with Gasteiger partial charge in [0.2, 0.25) is 0 Å². The van der Waals surface area contributed by atoms with E-state index in [9.17, 15) is 4.79 Å². The van der Waals surface area contributed by atoms with Crippen molar-refractivity contribution in [3.8, 4) is 0 Å². The number of carboxylic acid groups (broad SMARTS) is 1. The van der Waals surface area contributed by atoms with Crippen molar-refractivity contribution in [2.45, 2.75) is 18.9 Å². The van der Waals surface area contributed by atoms with Gasteiger partial charge < -0.3 is 19.9 Å². The van der Waals surface area contributed by atoms with E-state index >= 15 is 0 Å². The van der Waals surface area contributed by atoms with Crippen LogP contribution in [0.2, 0.25) is 0 Å². The average molecular weight is 205 g/mol. The minimum Gasteiger partial charge on any atom is -0.480 e. The van der Waals surface area contributed by atoms with Gasteiger partial charge in [0.25, 0.3) is 0 Å². The third kappa shape index (κ3) is 4.55. The lowest BCUT2D eigenvalue weighted by molar-refractivity contribution is -0.146. The first kappa shape index (κ1) is 13.4. The van der Waals surface area contributed by atoms with E-state index in [1.54, 1.807) is 14.0 Å². The Morgan fingerprint density at radius 2 is 2.07 bits per heavy atom. The monoisotopic (exact) mass is 205 g/mol. The molecule has 1 atom stereocenters. The zero-order valence-corrected chi connectivity index (χ0v) is 9.00. The largest absolute Gasteiger partial charge is 0.480 e. The Balaban J connectivity index is 3.90. The van der Waals surface area contributed by atoms with Crippen LogP contribution >= 0.6 is 0 Å². The lowest BCUT2D eigenvalue weighted by Crippen LogP contribution is -2.53.